The maximum absolute atomic E-state index is 3.72. The van der Waals surface area contributed by atoms with Crippen molar-refractivity contribution in [3.8, 4) is 0 Å². The van der Waals surface area contributed by atoms with Crippen LogP contribution in [0.15, 0.2) is 33.6 Å². The molecule has 2 rings (SSSR count). The van der Waals surface area contributed by atoms with E-state index in [2.05, 4.69) is 52.4 Å². The second-order valence-electron chi connectivity index (χ2n) is 5.13. The topological polar surface area (TPSA) is 12.0 Å². The predicted octanol–water partition coefficient (Wildman–Crippen LogP) is 4.85. The van der Waals surface area contributed by atoms with Gasteiger partial charge >= 0.3 is 0 Å². The van der Waals surface area contributed by atoms with E-state index in [1.54, 1.807) is 0 Å². The van der Waals surface area contributed by atoms with Crippen molar-refractivity contribution in [1.82, 2.24) is 5.32 Å². The lowest BCUT2D eigenvalue weighted by Crippen LogP contribution is -2.35. The first-order valence-corrected chi connectivity index (χ1v) is 8.57. The van der Waals surface area contributed by atoms with Crippen molar-refractivity contribution in [3.05, 3.63) is 28.7 Å². The van der Waals surface area contributed by atoms with Crippen molar-refractivity contribution in [2.45, 2.75) is 55.2 Å². The smallest absolute Gasteiger partial charge is 0.0191 e. The maximum atomic E-state index is 3.72. The lowest BCUT2D eigenvalue weighted by atomic mass is 9.95. The number of thioether (sulfide) groups is 1. The fourth-order valence-corrected chi connectivity index (χ4v) is 4.00. The van der Waals surface area contributed by atoms with Crippen LogP contribution in [0.4, 0.5) is 0 Å². The van der Waals surface area contributed by atoms with Gasteiger partial charge in [0.15, 0.2) is 0 Å². The van der Waals surface area contributed by atoms with Crippen molar-refractivity contribution < 1.29 is 0 Å². The summed E-state index contributed by atoms with van der Waals surface area (Å²) in [6.45, 7) is 3.42. The van der Waals surface area contributed by atoms with Gasteiger partial charge in [0, 0.05) is 27.2 Å². The minimum absolute atomic E-state index is 0.626. The molecule has 0 spiro atoms. The second kappa shape index (κ2) is 7.56. The number of benzene rings is 1. The van der Waals surface area contributed by atoms with E-state index in [1.165, 1.54) is 41.5 Å². The van der Waals surface area contributed by atoms with Gasteiger partial charge in [-0.2, -0.15) is 0 Å². The van der Waals surface area contributed by atoms with Crippen molar-refractivity contribution in [3.63, 3.8) is 0 Å². The second-order valence-corrected chi connectivity index (χ2v) is 7.56. The van der Waals surface area contributed by atoms with Crippen LogP contribution in [0.1, 0.15) is 39.0 Å². The highest BCUT2D eigenvalue weighted by Gasteiger charge is 2.14. The average Bonchev–Trinajstić information content (AvgIpc) is 2.38. The Labute approximate surface area is 123 Å². The van der Waals surface area contributed by atoms with Crippen molar-refractivity contribution in [2.75, 3.05) is 6.54 Å². The number of halogens is 1. The van der Waals surface area contributed by atoms with Crippen LogP contribution in [0.3, 0.4) is 0 Å². The molecule has 0 bridgehead atoms. The molecule has 1 atom stereocenters. The van der Waals surface area contributed by atoms with Gasteiger partial charge in [-0.25, -0.2) is 0 Å². The highest BCUT2D eigenvalue weighted by molar-refractivity contribution is 9.10. The Morgan fingerprint density at radius 3 is 2.83 bits per heavy atom. The first kappa shape index (κ1) is 14.4. The summed E-state index contributed by atoms with van der Waals surface area (Å²) in [5.74, 6) is 0. The molecule has 0 heterocycles. The summed E-state index contributed by atoms with van der Waals surface area (Å²) >= 11 is 5.48. The van der Waals surface area contributed by atoms with Crippen LogP contribution >= 0.6 is 27.7 Å². The maximum Gasteiger partial charge on any atom is 0.0191 e. The van der Waals surface area contributed by atoms with E-state index in [1.807, 2.05) is 11.8 Å². The minimum Gasteiger partial charge on any atom is -0.313 e. The average molecular weight is 328 g/mol. The standard InChI is InChI=1S/C15H22BrNS/c1-12(11-17-14-7-3-2-4-8-14)18-15-9-5-6-13(16)10-15/h5-6,9-10,12,14,17H,2-4,7-8,11H2,1H3. The number of rotatable bonds is 5. The SMILES string of the molecule is CC(CNC1CCCCC1)Sc1cccc(Br)c1. The summed E-state index contributed by atoms with van der Waals surface area (Å²) in [6.07, 6.45) is 6.98. The van der Waals surface area contributed by atoms with Gasteiger partial charge in [0.1, 0.15) is 0 Å². The molecule has 3 heteroatoms. The molecule has 1 aromatic carbocycles. The lowest BCUT2D eigenvalue weighted by molar-refractivity contribution is 0.375. The Kier molecular flexibility index (Phi) is 6.06. The van der Waals surface area contributed by atoms with Crippen molar-refractivity contribution in [1.29, 1.82) is 0 Å². The summed E-state index contributed by atoms with van der Waals surface area (Å²) in [5.41, 5.74) is 0. The number of hydrogen-bond acceptors (Lipinski definition) is 2. The van der Waals surface area contributed by atoms with Gasteiger partial charge in [0.2, 0.25) is 0 Å². The van der Waals surface area contributed by atoms with E-state index in [0.29, 0.717) is 5.25 Å². The van der Waals surface area contributed by atoms with Crippen LogP contribution in [0.5, 0.6) is 0 Å². The third-order valence-corrected chi connectivity index (χ3v) is 5.02. The number of nitrogens with one attached hydrogen (secondary N) is 1. The summed E-state index contributed by atoms with van der Waals surface area (Å²) in [5, 5.41) is 4.35. The van der Waals surface area contributed by atoms with Crippen LogP contribution in [-0.4, -0.2) is 17.8 Å². The summed E-state index contributed by atoms with van der Waals surface area (Å²) < 4.78 is 1.17. The third kappa shape index (κ3) is 4.94. The molecule has 100 valence electrons. The Balaban J connectivity index is 1.72. The first-order chi connectivity index (χ1) is 8.74. The molecular weight excluding hydrogens is 306 g/mol. The molecule has 0 aromatic heterocycles. The summed E-state index contributed by atoms with van der Waals surface area (Å²) in [7, 11) is 0. The van der Waals surface area contributed by atoms with E-state index in [0.717, 1.165) is 12.6 Å². The van der Waals surface area contributed by atoms with Gasteiger partial charge in [-0.3, -0.25) is 0 Å². The molecule has 0 radical (unpaired) electrons. The van der Waals surface area contributed by atoms with E-state index < -0.39 is 0 Å². The molecule has 1 fully saturated rings. The van der Waals surface area contributed by atoms with Crippen LogP contribution in [0, 0.1) is 0 Å². The molecule has 0 aliphatic heterocycles. The van der Waals surface area contributed by atoms with Gasteiger partial charge < -0.3 is 5.32 Å². The summed E-state index contributed by atoms with van der Waals surface area (Å²) in [6, 6.07) is 9.33. The monoisotopic (exact) mass is 327 g/mol. The van der Waals surface area contributed by atoms with Crippen LogP contribution in [0.2, 0.25) is 0 Å². The van der Waals surface area contributed by atoms with Crippen LogP contribution in [-0.2, 0) is 0 Å². The molecule has 1 nitrogen and oxygen atoms in total. The van der Waals surface area contributed by atoms with Gasteiger partial charge in [-0.15, -0.1) is 11.8 Å². The fourth-order valence-electron chi connectivity index (χ4n) is 2.45. The molecule has 18 heavy (non-hydrogen) atoms. The normalized spacial score (nSPS) is 18.8. The van der Waals surface area contributed by atoms with E-state index in [9.17, 15) is 0 Å². The zero-order valence-corrected chi connectivity index (χ0v) is 13.4. The molecule has 1 saturated carbocycles. The zero-order chi connectivity index (χ0) is 12.8. The quantitative estimate of drug-likeness (QED) is 0.775. The lowest BCUT2D eigenvalue weighted by Gasteiger charge is -2.24. The Hall–Kier alpha value is 0.01000. The Bertz CT molecular complexity index is 363. The molecule has 0 saturated heterocycles. The van der Waals surface area contributed by atoms with Crippen molar-refractivity contribution >= 4 is 27.7 Å². The first-order valence-electron chi connectivity index (χ1n) is 6.89. The molecule has 1 aliphatic carbocycles. The molecule has 1 N–H and O–H groups in total. The van der Waals surface area contributed by atoms with E-state index >= 15 is 0 Å². The van der Waals surface area contributed by atoms with Gasteiger partial charge in [0.05, 0.1) is 0 Å². The molecule has 1 aromatic rings. The highest BCUT2D eigenvalue weighted by Crippen LogP contribution is 2.26. The van der Waals surface area contributed by atoms with Gasteiger partial charge in [0.25, 0.3) is 0 Å². The minimum atomic E-state index is 0.626. The Morgan fingerprint density at radius 1 is 1.33 bits per heavy atom. The molecular formula is C15H22BrNS. The molecule has 0 amide bonds. The Morgan fingerprint density at radius 2 is 2.11 bits per heavy atom. The van der Waals surface area contributed by atoms with Gasteiger partial charge in [-0.05, 0) is 31.0 Å². The largest absolute Gasteiger partial charge is 0.313 e. The van der Waals surface area contributed by atoms with E-state index in [4.69, 9.17) is 0 Å². The molecule has 1 aliphatic rings. The summed E-state index contributed by atoms with van der Waals surface area (Å²) in [4.78, 5) is 1.35. The fraction of sp³-hybridized carbons (Fsp3) is 0.600. The predicted molar refractivity (Wildman–Crippen MR) is 84.3 cm³/mol. The van der Waals surface area contributed by atoms with Crippen molar-refractivity contribution in [2.24, 2.45) is 0 Å². The van der Waals surface area contributed by atoms with Gasteiger partial charge in [-0.1, -0.05) is 48.2 Å². The van der Waals surface area contributed by atoms with Crippen LogP contribution < -0.4 is 5.32 Å². The zero-order valence-electron chi connectivity index (χ0n) is 11.0. The third-order valence-electron chi connectivity index (χ3n) is 3.43. The highest BCUT2D eigenvalue weighted by atomic mass is 79.9. The molecule has 1 unspecified atom stereocenters. The van der Waals surface area contributed by atoms with Crippen LogP contribution in [0.25, 0.3) is 0 Å². The number of hydrogen-bond donors (Lipinski definition) is 1. The van der Waals surface area contributed by atoms with E-state index in [-0.39, 0.29) is 0 Å².